The molecule has 0 bridgehead atoms. The maximum atomic E-state index is 6.27. The second kappa shape index (κ2) is 8.93. The zero-order chi connectivity index (χ0) is 14.1. The zero-order valence-corrected chi connectivity index (χ0v) is 13.3. The zero-order valence-electron chi connectivity index (χ0n) is 13.3. The van der Waals surface area contributed by atoms with Crippen LogP contribution in [0.4, 0.5) is 0 Å². The lowest BCUT2D eigenvalue weighted by atomic mass is 9.77. The molecule has 1 fully saturated rings. The smallest absolute Gasteiger partial charge is 0.0881 e. The molecule has 1 heterocycles. The van der Waals surface area contributed by atoms with Crippen molar-refractivity contribution in [3.05, 3.63) is 0 Å². The summed E-state index contributed by atoms with van der Waals surface area (Å²) in [6.07, 6.45) is 5.66. The fourth-order valence-corrected chi connectivity index (χ4v) is 3.39. The van der Waals surface area contributed by atoms with Crippen LogP contribution in [-0.2, 0) is 9.47 Å². The van der Waals surface area contributed by atoms with Crippen molar-refractivity contribution in [2.45, 2.75) is 71.4 Å². The number of ether oxygens (including phenoxy) is 2. The van der Waals surface area contributed by atoms with Gasteiger partial charge in [0.15, 0.2) is 0 Å². The van der Waals surface area contributed by atoms with Crippen LogP contribution >= 0.6 is 0 Å². The molecule has 1 N–H and O–H groups in total. The Morgan fingerprint density at radius 2 is 1.74 bits per heavy atom. The maximum Gasteiger partial charge on any atom is 0.0881 e. The minimum absolute atomic E-state index is 0.0150. The Balaban J connectivity index is 2.87. The third-order valence-corrected chi connectivity index (χ3v) is 4.47. The van der Waals surface area contributed by atoms with Crippen molar-refractivity contribution >= 4 is 0 Å². The fourth-order valence-electron chi connectivity index (χ4n) is 3.39. The quantitative estimate of drug-likeness (QED) is 0.697. The van der Waals surface area contributed by atoms with Crippen LogP contribution in [-0.4, -0.2) is 38.0 Å². The van der Waals surface area contributed by atoms with Crippen molar-refractivity contribution in [3.63, 3.8) is 0 Å². The average Bonchev–Trinajstić information content (AvgIpc) is 2.44. The molecule has 0 amide bonds. The third kappa shape index (κ3) is 4.44. The summed E-state index contributed by atoms with van der Waals surface area (Å²) in [5.74, 6) is 0.691. The highest BCUT2D eigenvalue weighted by molar-refractivity contribution is 4.98. The number of nitrogens with one attached hydrogen (secondary N) is 1. The molecule has 1 atom stereocenters. The molecule has 1 unspecified atom stereocenters. The van der Waals surface area contributed by atoms with Gasteiger partial charge < -0.3 is 14.8 Å². The van der Waals surface area contributed by atoms with E-state index in [2.05, 4.69) is 33.0 Å². The molecular weight excluding hydrogens is 238 g/mol. The van der Waals surface area contributed by atoms with Crippen LogP contribution in [0.3, 0.4) is 0 Å². The van der Waals surface area contributed by atoms with Gasteiger partial charge in [0.05, 0.1) is 5.60 Å². The lowest BCUT2D eigenvalue weighted by Gasteiger charge is -2.46. The molecule has 114 valence electrons. The lowest BCUT2D eigenvalue weighted by molar-refractivity contribution is -0.136. The van der Waals surface area contributed by atoms with Gasteiger partial charge >= 0.3 is 0 Å². The molecule has 0 aromatic rings. The van der Waals surface area contributed by atoms with Gasteiger partial charge in [0.1, 0.15) is 0 Å². The van der Waals surface area contributed by atoms with Gasteiger partial charge in [-0.3, -0.25) is 0 Å². The van der Waals surface area contributed by atoms with Gasteiger partial charge in [-0.2, -0.15) is 0 Å². The molecule has 0 aromatic heterocycles. The predicted molar refractivity (Wildman–Crippen MR) is 80.6 cm³/mol. The Kier molecular flexibility index (Phi) is 7.96. The molecule has 1 aliphatic rings. The number of rotatable bonds is 9. The van der Waals surface area contributed by atoms with Gasteiger partial charge in [-0.25, -0.2) is 0 Å². The molecule has 0 aromatic carbocycles. The van der Waals surface area contributed by atoms with E-state index in [1.54, 1.807) is 0 Å². The molecule has 19 heavy (non-hydrogen) atoms. The highest BCUT2D eigenvalue weighted by atomic mass is 16.5. The van der Waals surface area contributed by atoms with Crippen LogP contribution in [0.25, 0.3) is 0 Å². The van der Waals surface area contributed by atoms with Gasteiger partial charge in [0.25, 0.3) is 0 Å². The Bertz CT molecular complexity index is 217. The Morgan fingerprint density at radius 1 is 1.11 bits per heavy atom. The minimum atomic E-state index is -0.0150. The highest BCUT2D eigenvalue weighted by Gasteiger charge is 2.43. The molecular formula is C16H33NO2. The van der Waals surface area contributed by atoms with E-state index < -0.39 is 0 Å². The van der Waals surface area contributed by atoms with Crippen molar-refractivity contribution in [2.24, 2.45) is 5.92 Å². The Morgan fingerprint density at radius 3 is 2.21 bits per heavy atom. The molecule has 0 spiro atoms. The summed E-state index contributed by atoms with van der Waals surface area (Å²) in [4.78, 5) is 0. The van der Waals surface area contributed by atoms with Gasteiger partial charge in [0, 0.05) is 38.7 Å². The van der Waals surface area contributed by atoms with Crippen molar-refractivity contribution in [1.29, 1.82) is 0 Å². The average molecular weight is 271 g/mol. The summed E-state index contributed by atoms with van der Waals surface area (Å²) >= 11 is 0. The summed E-state index contributed by atoms with van der Waals surface area (Å²) in [5, 5.41) is 3.79. The molecule has 0 radical (unpaired) electrons. The largest absolute Gasteiger partial charge is 0.381 e. The first kappa shape index (κ1) is 16.9. The maximum absolute atomic E-state index is 6.27. The van der Waals surface area contributed by atoms with E-state index in [4.69, 9.17) is 9.47 Å². The van der Waals surface area contributed by atoms with E-state index in [9.17, 15) is 0 Å². The first-order valence-electron chi connectivity index (χ1n) is 8.19. The lowest BCUT2D eigenvalue weighted by Crippen LogP contribution is -2.58. The van der Waals surface area contributed by atoms with Crippen molar-refractivity contribution in [2.75, 3.05) is 26.4 Å². The van der Waals surface area contributed by atoms with Crippen LogP contribution in [0.5, 0.6) is 0 Å². The second-order valence-corrected chi connectivity index (χ2v) is 5.62. The van der Waals surface area contributed by atoms with Crippen LogP contribution in [0.1, 0.15) is 59.8 Å². The van der Waals surface area contributed by atoms with Crippen LogP contribution in [0.15, 0.2) is 0 Å². The van der Waals surface area contributed by atoms with Crippen molar-refractivity contribution in [1.82, 2.24) is 5.32 Å². The first-order valence-corrected chi connectivity index (χ1v) is 8.19. The minimum Gasteiger partial charge on any atom is -0.381 e. The van der Waals surface area contributed by atoms with Gasteiger partial charge in [-0.1, -0.05) is 33.6 Å². The molecule has 1 aliphatic heterocycles. The molecule has 1 saturated heterocycles. The molecule has 3 heteroatoms. The second-order valence-electron chi connectivity index (χ2n) is 5.62. The summed E-state index contributed by atoms with van der Waals surface area (Å²) in [6.45, 7) is 12.5. The molecule has 1 rings (SSSR count). The van der Waals surface area contributed by atoms with Crippen LogP contribution in [0, 0.1) is 5.92 Å². The predicted octanol–water partition coefficient (Wildman–Crippen LogP) is 3.38. The van der Waals surface area contributed by atoms with Crippen LogP contribution < -0.4 is 5.32 Å². The molecule has 0 saturated carbocycles. The normalized spacial score (nSPS) is 20.7. The van der Waals surface area contributed by atoms with E-state index in [1.807, 2.05) is 0 Å². The SMILES string of the molecule is CCCNC(C(CC)CC)C1(OCC)CCOCC1. The summed E-state index contributed by atoms with van der Waals surface area (Å²) in [5.41, 5.74) is -0.0150. The van der Waals surface area contributed by atoms with E-state index in [1.165, 1.54) is 19.3 Å². The Hall–Kier alpha value is -0.120. The highest BCUT2D eigenvalue weighted by Crippen LogP contribution is 2.34. The van der Waals surface area contributed by atoms with E-state index >= 15 is 0 Å². The van der Waals surface area contributed by atoms with Crippen molar-refractivity contribution < 1.29 is 9.47 Å². The van der Waals surface area contributed by atoms with Gasteiger partial charge in [0.2, 0.25) is 0 Å². The van der Waals surface area contributed by atoms with E-state index in [-0.39, 0.29) is 5.60 Å². The third-order valence-electron chi connectivity index (χ3n) is 4.47. The van der Waals surface area contributed by atoms with Crippen molar-refractivity contribution in [3.8, 4) is 0 Å². The monoisotopic (exact) mass is 271 g/mol. The number of hydrogen-bond donors (Lipinski definition) is 1. The van der Waals surface area contributed by atoms with E-state index in [0.717, 1.165) is 39.2 Å². The summed E-state index contributed by atoms with van der Waals surface area (Å²) in [7, 11) is 0. The molecule has 3 nitrogen and oxygen atoms in total. The Labute approximate surface area is 119 Å². The fraction of sp³-hybridized carbons (Fsp3) is 1.00. The number of hydrogen-bond acceptors (Lipinski definition) is 3. The van der Waals surface area contributed by atoms with E-state index in [0.29, 0.717) is 12.0 Å². The first-order chi connectivity index (χ1) is 9.24. The standard InChI is InChI=1S/C16H33NO2/c1-5-11-17-15(14(6-2)7-3)16(19-8-4)9-12-18-13-10-16/h14-15,17H,5-13H2,1-4H3. The molecule has 0 aliphatic carbocycles. The summed E-state index contributed by atoms with van der Waals surface area (Å²) in [6, 6.07) is 0.464. The van der Waals surface area contributed by atoms with Gasteiger partial charge in [-0.15, -0.1) is 0 Å². The van der Waals surface area contributed by atoms with Gasteiger partial charge in [-0.05, 0) is 25.8 Å². The summed E-state index contributed by atoms with van der Waals surface area (Å²) < 4.78 is 11.8. The topological polar surface area (TPSA) is 30.5 Å². The van der Waals surface area contributed by atoms with Crippen LogP contribution in [0.2, 0.25) is 0 Å².